The van der Waals surface area contributed by atoms with Crippen LogP contribution >= 0.6 is 0 Å². The summed E-state index contributed by atoms with van der Waals surface area (Å²) in [6, 6.07) is 9.11. The monoisotopic (exact) mass is 421 g/mol. The molecule has 0 N–H and O–H groups in total. The Hall–Kier alpha value is -3.28. The summed E-state index contributed by atoms with van der Waals surface area (Å²) in [5, 5.41) is 0. The van der Waals surface area contributed by atoms with Crippen molar-refractivity contribution in [3.63, 3.8) is 0 Å². The van der Waals surface area contributed by atoms with Crippen LogP contribution in [0.25, 0.3) is 0 Å². The van der Waals surface area contributed by atoms with E-state index in [0.717, 1.165) is 21.6 Å². The highest BCUT2D eigenvalue weighted by molar-refractivity contribution is 6.22. The van der Waals surface area contributed by atoms with Gasteiger partial charge in [0.2, 0.25) is 5.78 Å². The lowest BCUT2D eigenvalue weighted by Crippen LogP contribution is -2.46. The Balaban J connectivity index is 1.79. The standard InChI is InChI=1S/C25H27NO5/c1-14(2)10-21(26-23(28)18-8-6-7-9-19(18)24(26)29)25(30)31-13-22(27)20-12-16(4)15(3)11-17(20)5/h6-9,11-12,14,21H,10,13H2,1-5H3. The van der Waals surface area contributed by atoms with Gasteiger partial charge >= 0.3 is 5.97 Å². The van der Waals surface area contributed by atoms with E-state index in [2.05, 4.69) is 0 Å². The Labute approximate surface area is 182 Å². The minimum absolute atomic E-state index is 0.0274. The van der Waals surface area contributed by atoms with Gasteiger partial charge in [-0.05, 0) is 68.0 Å². The molecule has 0 aliphatic carbocycles. The number of imide groups is 1. The number of aryl methyl sites for hydroxylation is 3. The molecule has 1 unspecified atom stereocenters. The van der Waals surface area contributed by atoms with Crippen LogP contribution in [-0.2, 0) is 9.53 Å². The average molecular weight is 421 g/mol. The summed E-state index contributed by atoms with van der Waals surface area (Å²) in [6.45, 7) is 9.06. The van der Waals surface area contributed by atoms with Gasteiger partial charge in [0.25, 0.3) is 11.8 Å². The fraction of sp³-hybridized carbons (Fsp3) is 0.360. The Morgan fingerprint density at radius 3 is 2.00 bits per heavy atom. The van der Waals surface area contributed by atoms with Gasteiger partial charge in [-0.15, -0.1) is 0 Å². The summed E-state index contributed by atoms with van der Waals surface area (Å²) in [5.41, 5.74) is 3.91. The van der Waals surface area contributed by atoms with E-state index in [4.69, 9.17) is 4.74 Å². The van der Waals surface area contributed by atoms with Crippen LogP contribution in [0.2, 0.25) is 0 Å². The van der Waals surface area contributed by atoms with Gasteiger partial charge in [0.15, 0.2) is 6.61 Å². The van der Waals surface area contributed by atoms with Gasteiger partial charge in [-0.2, -0.15) is 0 Å². The summed E-state index contributed by atoms with van der Waals surface area (Å²) >= 11 is 0. The third kappa shape index (κ3) is 4.43. The molecule has 6 heteroatoms. The van der Waals surface area contributed by atoms with Crippen LogP contribution in [-0.4, -0.2) is 41.1 Å². The van der Waals surface area contributed by atoms with Crippen molar-refractivity contribution in [2.75, 3.05) is 6.61 Å². The van der Waals surface area contributed by atoms with Gasteiger partial charge in [-0.25, -0.2) is 4.79 Å². The van der Waals surface area contributed by atoms with Crippen LogP contribution in [0.5, 0.6) is 0 Å². The number of nitrogens with zero attached hydrogens (tertiary/aromatic N) is 1. The molecule has 2 aromatic rings. The molecule has 1 aliphatic rings. The maximum absolute atomic E-state index is 12.9. The highest BCUT2D eigenvalue weighted by atomic mass is 16.5. The Bertz CT molecular complexity index is 1030. The minimum Gasteiger partial charge on any atom is -0.456 e. The van der Waals surface area contributed by atoms with Crippen molar-refractivity contribution < 1.29 is 23.9 Å². The van der Waals surface area contributed by atoms with Crippen LogP contribution in [0, 0.1) is 26.7 Å². The normalized spacial score (nSPS) is 14.1. The largest absolute Gasteiger partial charge is 0.456 e. The number of carbonyl (C=O) groups is 4. The Morgan fingerprint density at radius 2 is 1.45 bits per heavy atom. The molecular weight excluding hydrogens is 394 g/mol. The lowest BCUT2D eigenvalue weighted by Gasteiger charge is -2.26. The number of hydrogen-bond donors (Lipinski definition) is 0. The second kappa shape index (κ2) is 8.84. The molecule has 1 aliphatic heterocycles. The lowest BCUT2D eigenvalue weighted by molar-refractivity contribution is -0.147. The molecule has 0 aromatic heterocycles. The second-order valence-electron chi connectivity index (χ2n) is 8.45. The molecule has 2 amide bonds. The van der Waals surface area contributed by atoms with Crippen molar-refractivity contribution >= 4 is 23.6 Å². The SMILES string of the molecule is Cc1cc(C)c(C(=O)COC(=O)C(CC(C)C)N2C(=O)c3ccccc3C2=O)cc1C. The van der Waals surface area contributed by atoms with Gasteiger partial charge in [0.1, 0.15) is 6.04 Å². The molecule has 2 aromatic carbocycles. The smallest absolute Gasteiger partial charge is 0.329 e. The summed E-state index contributed by atoms with van der Waals surface area (Å²) in [4.78, 5) is 52.3. The first-order chi connectivity index (χ1) is 14.6. The van der Waals surface area contributed by atoms with E-state index in [1.165, 1.54) is 0 Å². The van der Waals surface area contributed by atoms with E-state index in [1.54, 1.807) is 30.3 Å². The maximum Gasteiger partial charge on any atom is 0.329 e. The Morgan fingerprint density at radius 1 is 0.903 bits per heavy atom. The van der Waals surface area contributed by atoms with Crippen molar-refractivity contribution in [1.82, 2.24) is 4.90 Å². The predicted molar refractivity (Wildman–Crippen MR) is 116 cm³/mol. The number of fused-ring (bicyclic) bond motifs is 1. The molecule has 0 saturated heterocycles. The van der Waals surface area contributed by atoms with Crippen molar-refractivity contribution in [3.8, 4) is 0 Å². The van der Waals surface area contributed by atoms with E-state index in [9.17, 15) is 19.2 Å². The van der Waals surface area contributed by atoms with Gasteiger partial charge < -0.3 is 4.74 Å². The van der Waals surface area contributed by atoms with Gasteiger partial charge in [-0.1, -0.05) is 32.0 Å². The highest BCUT2D eigenvalue weighted by Gasteiger charge is 2.43. The number of esters is 1. The molecule has 162 valence electrons. The Kier molecular flexibility index (Phi) is 6.39. The van der Waals surface area contributed by atoms with E-state index in [-0.39, 0.29) is 29.2 Å². The number of benzene rings is 2. The highest BCUT2D eigenvalue weighted by Crippen LogP contribution is 2.27. The zero-order valence-corrected chi connectivity index (χ0v) is 18.5. The zero-order valence-electron chi connectivity index (χ0n) is 18.5. The van der Waals surface area contributed by atoms with Crippen LogP contribution in [0.3, 0.4) is 0 Å². The van der Waals surface area contributed by atoms with E-state index in [0.29, 0.717) is 5.56 Å². The zero-order chi connectivity index (χ0) is 22.9. The number of rotatable bonds is 7. The number of ketones is 1. The molecule has 0 radical (unpaired) electrons. The third-order valence-corrected chi connectivity index (χ3v) is 5.59. The quantitative estimate of drug-likeness (QED) is 0.383. The summed E-state index contributed by atoms with van der Waals surface area (Å²) in [5.74, 6) is -2.07. The van der Waals surface area contributed by atoms with Crippen molar-refractivity contribution in [2.24, 2.45) is 5.92 Å². The fourth-order valence-corrected chi connectivity index (χ4v) is 3.82. The van der Waals surface area contributed by atoms with Crippen molar-refractivity contribution in [3.05, 3.63) is 69.8 Å². The van der Waals surface area contributed by atoms with Gasteiger partial charge in [0, 0.05) is 5.56 Å². The first-order valence-corrected chi connectivity index (χ1v) is 10.4. The number of amides is 2. The van der Waals surface area contributed by atoms with Crippen LogP contribution in [0.1, 0.15) is 68.0 Å². The molecule has 0 spiro atoms. The molecular formula is C25H27NO5. The number of hydrogen-bond acceptors (Lipinski definition) is 5. The number of Topliss-reactive ketones (excluding diaryl/α,β-unsaturated/α-hetero) is 1. The molecule has 6 nitrogen and oxygen atoms in total. The van der Waals surface area contributed by atoms with E-state index in [1.807, 2.05) is 40.7 Å². The summed E-state index contributed by atoms with van der Waals surface area (Å²) < 4.78 is 5.32. The molecule has 1 atom stereocenters. The van der Waals surface area contributed by atoms with Gasteiger partial charge in [0.05, 0.1) is 11.1 Å². The third-order valence-electron chi connectivity index (χ3n) is 5.59. The lowest BCUT2D eigenvalue weighted by atomic mass is 9.98. The summed E-state index contributed by atoms with van der Waals surface area (Å²) in [6.07, 6.45) is 0.251. The fourth-order valence-electron chi connectivity index (χ4n) is 3.82. The van der Waals surface area contributed by atoms with E-state index >= 15 is 0 Å². The van der Waals surface area contributed by atoms with Crippen molar-refractivity contribution in [1.29, 1.82) is 0 Å². The maximum atomic E-state index is 12.9. The first kappa shape index (κ1) is 22.4. The topological polar surface area (TPSA) is 80.8 Å². The molecule has 0 bridgehead atoms. The molecule has 3 rings (SSSR count). The molecule has 0 fully saturated rings. The molecule has 0 saturated carbocycles. The minimum atomic E-state index is -1.08. The van der Waals surface area contributed by atoms with Crippen molar-refractivity contribution in [2.45, 2.75) is 47.1 Å². The van der Waals surface area contributed by atoms with Crippen LogP contribution < -0.4 is 0 Å². The number of carbonyl (C=O) groups excluding carboxylic acids is 4. The van der Waals surface area contributed by atoms with E-state index < -0.39 is 30.4 Å². The molecule has 31 heavy (non-hydrogen) atoms. The second-order valence-corrected chi connectivity index (χ2v) is 8.45. The van der Waals surface area contributed by atoms with Crippen LogP contribution in [0.15, 0.2) is 36.4 Å². The average Bonchev–Trinajstić information content (AvgIpc) is 2.97. The van der Waals surface area contributed by atoms with Crippen LogP contribution in [0.4, 0.5) is 0 Å². The summed E-state index contributed by atoms with van der Waals surface area (Å²) in [7, 11) is 0. The first-order valence-electron chi connectivity index (χ1n) is 10.4. The molecule has 1 heterocycles. The number of ether oxygens (including phenoxy) is 1. The predicted octanol–water partition coefficient (Wildman–Crippen LogP) is 4.05. The van der Waals surface area contributed by atoms with Gasteiger partial charge in [-0.3, -0.25) is 19.3 Å².